The van der Waals surface area contributed by atoms with Gasteiger partial charge < -0.3 is 14.8 Å². The van der Waals surface area contributed by atoms with E-state index < -0.39 is 27.9 Å². The Morgan fingerprint density at radius 1 is 1.33 bits per heavy atom. The first-order chi connectivity index (χ1) is 12.9. The van der Waals surface area contributed by atoms with Gasteiger partial charge in [-0.3, -0.25) is 4.79 Å². The summed E-state index contributed by atoms with van der Waals surface area (Å²) in [5.74, 6) is -0.383. The summed E-state index contributed by atoms with van der Waals surface area (Å²) in [5.41, 5.74) is 0.169. The third-order valence-electron chi connectivity index (χ3n) is 4.11. The van der Waals surface area contributed by atoms with Crippen LogP contribution in [0.15, 0.2) is 29.2 Å². The Bertz CT molecular complexity index is 762. The van der Waals surface area contributed by atoms with E-state index in [1.54, 1.807) is 11.8 Å². The normalized spacial score (nSPS) is 16.5. The van der Waals surface area contributed by atoms with E-state index in [1.807, 2.05) is 6.26 Å². The SMILES string of the molecule is COC(=O)[C@H](CCSC)NC(=O)c1cccc(S(=O)(=O)N2CCOCC2)c1. The maximum Gasteiger partial charge on any atom is 0.328 e. The Hall–Kier alpha value is -1.62. The Labute approximate surface area is 163 Å². The molecule has 27 heavy (non-hydrogen) atoms. The van der Waals surface area contributed by atoms with Crippen LogP contribution in [0.3, 0.4) is 0 Å². The number of nitrogens with one attached hydrogen (secondary N) is 1. The first-order valence-corrected chi connectivity index (χ1v) is 11.3. The van der Waals surface area contributed by atoms with Gasteiger partial charge in [0.1, 0.15) is 6.04 Å². The highest BCUT2D eigenvalue weighted by molar-refractivity contribution is 7.98. The third-order valence-corrected chi connectivity index (χ3v) is 6.64. The number of hydrogen-bond donors (Lipinski definition) is 1. The van der Waals surface area contributed by atoms with Crippen LogP contribution in [0.5, 0.6) is 0 Å². The van der Waals surface area contributed by atoms with Gasteiger partial charge in [-0.25, -0.2) is 13.2 Å². The molecule has 1 saturated heterocycles. The standard InChI is InChI=1S/C17H24N2O6S2/c1-24-17(21)15(6-11-26-2)18-16(20)13-4-3-5-14(12-13)27(22,23)19-7-9-25-10-8-19/h3-5,12,15H,6-11H2,1-2H3,(H,18,20)/t15-/m0/s1. The van der Waals surface area contributed by atoms with Gasteiger partial charge in [0.05, 0.1) is 25.2 Å². The average molecular weight is 417 g/mol. The molecule has 0 aliphatic carbocycles. The molecule has 1 heterocycles. The van der Waals surface area contributed by atoms with Crippen LogP contribution >= 0.6 is 11.8 Å². The largest absolute Gasteiger partial charge is 0.467 e. The second kappa shape index (κ2) is 10.1. The first-order valence-electron chi connectivity index (χ1n) is 8.45. The Morgan fingerprint density at radius 3 is 2.67 bits per heavy atom. The molecule has 0 spiro atoms. The molecule has 150 valence electrons. The smallest absolute Gasteiger partial charge is 0.328 e. The van der Waals surface area contributed by atoms with Crippen molar-refractivity contribution in [3.05, 3.63) is 29.8 Å². The highest BCUT2D eigenvalue weighted by atomic mass is 32.2. The number of benzene rings is 1. The van der Waals surface area contributed by atoms with Gasteiger partial charge in [0.15, 0.2) is 0 Å². The molecular formula is C17H24N2O6S2. The van der Waals surface area contributed by atoms with E-state index >= 15 is 0 Å². The minimum absolute atomic E-state index is 0.0378. The number of esters is 1. The van der Waals surface area contributed by atoms with Crippen molar-refractivity contribution < 1.29 is 27.5 Å². The van der Waals surface area contributed by atoms with Crippen molar-refractivity contribution >= 4 is 33.7 Å². The van der Waals surface area contributed by atoms with Gasteiger partial charge in [0.2, 0.25) is 10.0 Å². The van der Waals surface area contributed by atoms with Crippen LogP contribution in [-0.4, -0.2) is 76.1 Å². The molecule has 0 aromatic heterocycles. The van der Waals surface area contributed by atoms with Gasteiger partial charge >= 0.3 is 5.97 Å². The molecule has 8 nitrogen and oxygen atoms in total. The molecule has 0 unspecified atom stereocenters. The van der Waals surface area contributed by atoms with Crippen molar-refractivity contribution in [2.24, 2.45) is 0 Å². The van der Waals surface area contributed by atoms with Crippen LogP contribution in [0, 0.1) is 0 Å². The highest BCUT2D eigenvalue weighted by Crippen LogP contribution is 2.18. The van der Waals surface area contributed by atoms with Crippen LogP contribution in [0.2, 0.25) is 0 Å². The highest BCUT2D eigenvalue weighted by Gasteiger charge is 2.27. The van der Waals surface area contributed by atoms with Crippen molar-refractivity contribution in [3.63, 3.8) is 0 Å². The van der Waals surface area contributed by atoms with Crippen LogP contribution < -0.4 is 5.32 Å². The van der Waals surface area contributed by atoms with E-state index in [9.17, 15) is 18.0 Å². The minimum atomic E-state index is -3.70. The predicted octanol–water partition coefficient (Wildman–Crippen LogP) is 0.732. The van der Waals surface area contributed by atoms with Gasteiger partial charge in [-0.1, -0.05) is 6.07 Å². The Balaban J connectivity index is 2.17. The fraction of sp³-hybridized carbons (Fsp3) is 0.529. The van der Waals surface area contributed by atoms with E-state index in [1.165, 1.54) is 35.7 Å². The second-order valence-corrected chi connectivity index (χ2v) is 8.80. The molecule has 1 aromatic carbocycles. The Kier molecular flexibility index (Phi) is 8.08. The van der Waals surface area contributed by atoms with Crippen molar-refractivity contribution in [1.29, 1.82) is 0 Å². The maximum atomic E-state index is 12.7. The Morgan fingerprint density at radius 2 is 2.04 bits per heavy atom. The fourth-order valence-corrected chi connectivity index (χ4v) is 4.53. The van der Waals surface area contributed by atoms with E-state index in [2.05, 4.69) is 5.32 Å². The van der Waals surface area contributed by atoms with Gasteiger partial charge in [-0.05, 0) is 36.6 Å². The molecule has 1 amide bonds. The number of amides is 1. The first kappa shape index (κ1) is 21.7. The summed E-state index contributed by atoms with van der Waals surface area (Å²) < 4.78 is 36.7. The minimum Gasteiger partial charge on any atom is -0.467 e. The number of thioether (sulfide) groups is 1. The molecule has 1 fully saturated rings. The second-order valence-electron chi connectivity index (χ2n) is 5.87. The zero-order valence-corrected chi connectivity index (χ0v) is 17.0. The monoisotopic (exact) mass is 416 g/mol. The van der Waals surface area contributed by atoms with Crippen LogP contribution in [0.25, 0.3) is 0 Å². The van der Waals surface area contributed by atoms with Crippen molar-refractivity contribution in [2.45, 2.75) is 17.4 Å². The van der Waals surface area contributed by atoms with E-state index in [0.29, 0.717) is 25.4 Å². The lowest BCUT2D eigenvalue weighted by atomic mass is 10.1. The third kappa shape index (κ3) is 5.68. The lowest BCUT2D eigenvalue weighted by molar-refractivity contribution is -0.142. The predicted molar refractivity (Wildman–Crippen MR) is 102 cm³/mol. The summed E-state index contributed by atoms with van der Waals surface area (Å²) in [7, 11) is -2.44. The number of morpholine rings is 1. The average Bonchev–Trinajstić information content (AvgIpc) is 2.71. The lowest BCUT2D eigenvalue weighted by Crippen LogP contribution is -2.42. The lowest BCUT2D eigenvalue weighted by Gasteiger charge is -2.26. The summed E-state index contributed by atoms with van der Waals surface area (Å²) in [6, 6.07) is 5.01. The number of carbonyl (C=O) groups excluding carboxylic acids is 2. The molecule has 1 aliphatic rings. The van der Waals surface area contributed by atoms with Crippen molar-refractivity contribution in [1.82, 2.24) is 9.62 Å². The number of ether oxygens (including phenoxy) is 2. The summed E-state index contributed by atoms with van der Waals surface area (Å²) in [6.07, 6.45) is 2.32. The van der Waals surface area contributed by atoms with Crippen LogP contribution in [0.1, 0.15) is 16.8 Å². The summed E-state index contributed by atoms with van der Waals surface area (Å²) in [6.45, 7) is 1.24. The number of nitrogens with zero attached hydrogens (tertiary/aromatic N) is 1. The summed E-state index contributed by atoms with van der Waals surface area (Å²) in [5, 5.41) is 2.62. The molecule has 1 N–H and O–H groups in total. The van der Waals surface area contributed by atoms with Crippen LogP contribution in [-0.2, 0) is 24.3 Å². The number of sulfonamides is 1. The molecule has 10 heteroatoms. The molecule has 0 radical (unpaired) electrons. The zero-order valence-electron chi connectivity index (χ0n) is 15.3. The summed E-state index contributed by atoms with van der Waals surface area (Å²) in [4.78, 5) is 24.4. The molecule has 1 aliphatic heterocycles. The number of carbonyl (C=O) groups is 2. The molecule has 1 aromatic rings. The molecule has 0 bridgehead atoms. The number of methoxy groups -OCH3 is 1. The quantitative estimate of drug-likeness (QED) is 0.624. The van der Waals surface area contributed by atoms with Crippen molar-refractivity contribution in [3.8, 4) is 0 Å². The fourth-order valence-electron chi connectivity index (χ4n) is 2.60. The topological polar surface area (TPSA) is 102 Å². The van der Waals surface area contributed by atoms with Gasteiger partial charge in [0.25, 0.3) is 5.91 Å². The molecule has 2 rings (SSSR count). The zero-order chi connectivity index (χ0) is 19.9. The van der Waals surface area contributed by atoms with E-state index in [0.717, 1.165) is 0 Å². The van der Waals surface area contributed by atoms with E-state index in [4.69, 9.17) is 9.47 Å². The van der Waals surface area contributed by atoms with E-state index in [-0.39, 0.29) is 23.5 Å². The van der Waals surface area contributed by atoms with Crippen LogP contribution in [0.4, 0.5) is 0 Å². The van der Waals surface area contributed by atoms with Gasteiger partial charge in [-0.15, -0.1) is 0 Å². The maximum absolute atomic E-state index is 12.7. The van der Waals surface area contributed by atoms with Crippen molar-refractivity contribution in [2.75, 3.05) is 45.4 Å². The molecule has 1 atom stereocenters. The number of rotatable bonds is 8. The summed E-state index contributed by atoms with van der Waals surface area (Å²) >= 11 is 1.55. The number of hydrogen-bond acceptors (Lipinski definition) is 7. The molecule has 0 saturated carbocycles. The molecular weight excluding hydrogens is 392 g/mol. The van der Waals surface area contributed by atoms with Gasteiger partial charge in [-0.2, -0.15) is 16.1 Å². The van der Waals surface area contributed by atoms with Gasteiger partial charge in [0, 0.05) is 18.7 Å².